The Kier molecular flexibility index (Phi) is 4.53. The number of halogens is 1. The van der Waals surface area contributed by atoms with Crippen molar-refractivity contribution in [3.8, 4) is 0 Å². The predicted octanol–water partition coefficient (Wildman–Crippen LogP) is 4.15. The third-order valence-corrected chi connectivity index (χ3v) is 3.77. The number of rotatable bonds is 4. The van der Waals surface area contributed by atoms with E-state index in [0.717, 1.165) is 16.8 Å². The Morgan fingerprint density at radius 1 is 1.14 bits per heavy atom. The highest BCUT2D eigenvalue weighted by Gasteiger charge is 2.37. The largest absolute Gasteiger partial charge is 0.467 e. The van der Waals surface area contributed by atoms with Gasteiger partial charge in [0.05, 0.1) is 7.11 Å². The summed E-state index contributed by atoms with van der Waals surface area (Å²) >= 11 is 5.90. The van der Waals surface area contributed by atoms with Crippen molar-refractivity contribution >= 4 is 23.3 Å². The summed E-state index contributed by atoms with van der Waals surface area (Å²) in [6, 6.07) is 15.0. The van der Waals surface area contributed by atoms with E-state index < -0.39 is 5.54 Å². The maximum absolute atomic E-state index is 12.3. The SMILES string of the molecule is COC(=O)C(C)(Nc1ccc(Cl)cc1)c1ccccc1C. The van der Waals surface area contributed by atoms with Crippen molar-refractivity contribution in [1.29, 1.82) is 0 Å². The summed E-state index contributed by atoms with van der Waals surface area (Å²) < 4.78 is 4.99. The molecule has 3 nitrogen and oxygen atoms in total. The molecule has 1 N–H and O–H groups in total. The summed E-state index contributed by atoms with van der Waals surface area (Å²) in [4.78, 5) is 12.3. The second-order valence-corrected chi connectivity index (χ2v) is 5.50. The Morgan fingerprint density at radius 3 is 2.33 bits per heavy atom. The molecule has 2 rings (SSSR count). The highest BCUT2D eigenvalue weighted by molar-refractivity contribution is 6.30. The highest BCUT2D eigenvalue weighted by Crippen LogP contribution is 2.30. The first-order valence-corrected chi connectivity index (χ1v) is 7.03. The highest BCUT2D eigenvalue weighted by atomic mass is 35.5. The molecule has 0 aliphatic heterocycles. The molecule has 0 bridgehead atoms. The predicted molar refractivity (Wildman–Crippen MR) is 85.6 cm³/mol. The molecule has 0 amide bonds. The molecule has 2 aromatic carbocycles. The lowest BCUT2D eigenvalue weighted by Gasteiger charge is -2.31. The van der Waals surface area contributed by atoms with Crippen molar-refractivity contribution < 1.29 is 9.53 Å². The van der Waals surface area contributed by atoms with Gasteiger partial charge in [-0.15, -0.1) is 0 Å². The standard InChI is InChI=1S/C17H18ClNO2/c1-12-6-4-5-7-15(12)17(2,16(20)21-3)19-14-10-8-13(18)9-11-14/h4-11,19H,1-3H3. The molecule has 0 fully saturated rings. The Balaban J connectivity index is 2.45. The molecule has 0 aliphatic carbocycles. The number of aryl methyl sites for hydroxylation is 1. The number of ether oxygens (including phenoxy) is 1. The zero-order valence-electron chi connectivity index (χ0n) is 12.3. The first-order valence-electron chi connectivity index (χ1n) is 6.65. The molecule has 4 heteroatoms. The van der Waals surface area contributed by atoms with Crippen LogP contribution in [0.2, 0.25) is 5.02 Å². The second kappa shape index (κ2) is 6.19. The van der Waals surface area contributed by atoms with E-state index in [-0.39, 0.29) is 5.97 Å². The van der Waals surface area contributed by atoms with E-state index in [1.807, 2.05) is 50.2 Å². The monoisotopic (exact) mass is 303 g/mol. The molecule has 110 valence electrons. The Labute approximate surface area is 129 Å². The minimum absolute atomic E-state index is 0.341. The van der Waals surface area contributed by atoms with E-state index in [9.17, 15) is 4.79 Å². The van der Waals surface area contributed by atoms with Crippen molar-refractivity contribution in [2.45, 2.75) is 19.4 Å². The van der Waals surface area contributed by atoms with Crippen LogP contribution in [0.25, 0.3) is 0 Å². The van der Waals surface area contributed by atoms with Crippen molar-refractivity contribution in [2.24, 2.45) is 0 Å². The lowest BCUT2D eigenvalue weighted by molar-refractivity contribution is -0.145. The van der Waals surface area contributed by atoms with Gasteiger partial charge in [0.15, 0.2) is 5.54 Å². The third kappa shape index (κ3) is 3.19. The van der Waals surface area contributed by atoms with Gasteiger partial charge in [0.25, 0.3) is 0 Å². The summed E-state index contributed by atoms with van der Waals surface area (Å²) in [5.74, 6) is -0.341. The molecule has 2 aromatic rings. The second-order valence-electron chi connectivity index (χ2n) is 5.06. The zero-order chi connectivity index (χ0) is 15.5. The van der Waals surface area contributed by atoms with E-state index in [0.29, 0.717) is 5.02 Å². The minimum Gasteiger partial charge on any atom is -0.467 e. The van der Waals surface area contributed by atoms with Gasteiger partial charge in [0.1, 0.15) is 0 Å². The van der Waals surface area contributed by atoms with E-state index in [4.69, 9.17) is 16.3 Å². The van der Waals surface area contributed by atoms with Crippen LogP contribution in [0, 0.1) is 6.92 Å². The smallest absolute Gasteiger partial charge is 0.335 e. The molecule has 21 heavy (non-hydrogen) atoms. The summed E-state index contributed by atoms with van der Waals surface area (Å²) in [6.45, 7) is 3.79. The molecule has 0 saturated heterocycles. The molecule has 0 spiro atoms. The van der Waals surface area contributed by atoms with Crippen LogP contribution in [-0.2, 0) is 15.1 Å². The lowest BCUT2D eigenvalue weighted by Crippen LogP contribution is -2.42. The Morgan fingerprint density at radius 2 is 1.76 bits per heavy atom. The van der Waals surface area contributed by atoms with Gasteiger partial charge >= 0.3 is 5.97 Å². The molecule has 0 saturated carbocycles. The van der Waals surface area contributed by atoms with Crippen LogP contribution >= 0.6 is 11.6 Å². The fourth-order valence-corrected chi connectivity index (χ4v) is 2.51. The van der Waals surface area contributed by atoms with Crippen LogP contribution in [0.4, 0.5) is 5.69 Å². The number of anilines is 1. The molecule has 0 radical (unpaired) electrons. The van der Waals surface area contributed by atoms with Gasteiger partial charge in [-0.2, -0.15) is 0 Å². The fraction of sp³-hybridized carbons (Fsp3) is 0.235. The van der Waals surface area contributed by atoms with Gasteiger partial charge in [0, 0.05) is 10.7 Å². The molecule has 0 aliphatic rings. The van der Waals surface area contributed by atoms with Crippen LogP contribution in [0.1, 0.15) is 18.1 Å². The number of hydrogen-bond donors (Lipinski definition) is 1. The van der Waals surface area contributed by atoms with Crippen LogP contribution in [0.3, 0.4) is 0 Å². The van der Waals surface area contributed by atoms with Gasteiger partial charge in [-0.25, -0.2) is 4.79 Å². The van der Waals surface area contributed by atoms with Gasteiger partial charge in [-0.05, 0) is 49.2 Å². The molecule has 1 unspecified atom stereocenters. The van der Waals surface area contributed by atoms with Crippen LogP contribution < -0.4 is 5.32 Å². The van der Waals surface area contributed by atoms with Crippen molar-refractivity contribution in [3.05, 3.63) is 64.7 Å². The first kappa shape index (κ1) is 15.4. The normalized spacial score (nSPS) is 13.3. The number of hydrogen-bond acceptors (Lipinski definition) is 3. The van der Waals surface area contributed by atoms with Crippen molar-refractivity contribution in [2.75, 3.05) is 12.4 Å². The molecule has 1 atom stereocenters. The number of carbonyl (C=O) groups is 1. The molecular weight excluding hydrogens is 286 g/mol. The summed E-state index contributed by atoms with van der Waals surface area (Å²) in [7, 11) is 1.39. The molecule has 0 heterocycles. The average molecular weight is 304 g/mol. The van der Waals surface area contributed by atoms with E-state index in [2.05, 4.69) is 5.32 Å². The van der Waals surface area contributed by atoms with Gasteiger partial charge < -0.3 is 10.1 Å². The third-order valence-electron chi connectivity index (χ3n) is 3.52. The fourth-order valence-electron chi connectivity index (χ4n) is 2.39. The number of esters is 1. The van der Waals surface area contributed by atoms with Crippen molar-refractivity contribution in [1.82, 2.24) is 0 Å². The lowest BCUT2D eigenvalue weighted by atomic mass is 9.88. The Hall–Kier alpha value is -2.00. The van der Waals surface area contributed by atoms with Gasteiger partial charge in [0.2, 0.25) is 0 Å². The summed E-state index contributed by atoms with van der Waals surface area (Å²) in [5, 5.41) is 3.91. The van der Waals surface area contributed by atoms with E-state index in [1.54, 1.807) is 12.1 Å². The van der Waals surface area contributed by atoms with E-state index in [1.165, 1.54) is 7.11 Å². The minimum atomic E-state index is -0.964. The summed E-state index contributed by atoms with van der Waals surface area (Å²) in [6.07, 6.45) is 0. The maximum Gasteiger partial charge on any atom is 0.335 e. The number of benzene rings is 2. The van der Waals surface area contributed by atoms with Crippen LogP contribution in [0.5, 0.6) is 0 Å². The van der Waals surface area contributed by atoms with Crippen LogP contribution in [0.15, 0.2) is 48.5 Å². The van der Waals surface area contributed by atoms with Crippen LogP contribution in [-0.4, -0.2) is 13.1 Å². The van der Waals surface area contributed by atoms with Gasteiger partial charge in [-0.1, -0.05) is 35.9 Å². The first-order chi connectivity index (χ1) is 9.97. The quantitative estimate of drug-likeness (QED) is 0.862. The van der Waals surface area contributed by atoms with E-state index >= 15 is 0 Å². The topological polar surface area (TPSA) is 38.3 Å². The number of nitrogens with one attached hydrogen (secondary N) is 1. The molecular formula is C17H18ClNO2. The number of methoxy groups -OCH3 is 1. The zero-order valence-corrected chi connectivity index (χ0v) is 13.1. The van der Waals surface area contributed by atoms with Crippen molar-refractivity contribution in [3.63, 3.8) is 0 Å². The summed E-state index contributed by atoms with van der Waals surface area (Å²) in [5.41, 5.74) is 1.74. The maximum atomic E-state index is 12.3. The Bertz CT molecular complexity index is 639. The molecule has 0 aromatic heterocycles. The number of carbonyl (C=O) groups excluding carboxylic acids is 1. The average Bonchev–Trinajstić information content (AvgIpc) is 2.49. The van der Waals surface area contributed by atoms with Gasteiger partial charge in [-0.3, -0.25) is 0 Å².